The van der Waals surface area contributed by atoms with Crippen molar-refractivity contribution in [3.8, 4) is 0 Å². The van der Waals surface area contributed by atoms with E-state index in [2.05, 4.69) is 5.32 Å². The molecular weight excluding hydrogens is 289 g/mol. The van der Waals surface area contributed by atoms with Crippen molar-refractivity contribution in [1.29, 1.82) is 0 Å². The maximum atomic E-state index is 13.6. The van der Waals surface area contributed by atoms with Crippen molar-refractivity contribution in [2.24, 2.45) is 0 Å². The lowest BCUT2D eigenvalue weighted by atomic mass is 10.1. The zero-order valence-electron chi connectivity index (χ0n) is 11.8. The Hall–Kier alpha value is -2.89. The van der Waals surface area contributed by atoms with Crippen LogP contribution in [0.15, 0.2) is 42.5 Å². The van der Waals surface area contributed by atoms with Gasteiger partial charge in [0.25, 0.3) is 0 Å². The quantitative estimate of drug-likeness (QED) is 0.905. The molecule has 114 valence electrons. The summed E-state index contributed by atoms with van der Waals surface area (Å²) in [5.41, 5.74) is 0.762. The van der Waals surface area contributed by atoms with E-state index in [0.29, 0.717) is 0 Å². The molecule has 6 heteroatoms. The van der Waals surface area contributed by atoms with E-state index in [1.165, 1.54) is 13.0 Å². The van der Waals surface area contributed by atoms with Gasteiger partial charge in [-0.05, 0) is 24.6 Å². The van der Waals surface area contributed by atoms with Gasteiger partial charge < -0.3 is 9.84 Å². The lowest BCUT2D eigenvalue weighted by Gasteiger charge is -2.11. The molecule has 5 nitrogen and oxygen atoms in total. The summed E-state index contributed by atoms with van der Waals surface area (Å²) in [5.74, 6) is -1.99. The van der Waals surface area contributed by atoms with Gasteiger partial charge in [0.15, 0.2) is 0 Å². The summed E-state index contributed by atoms with van der Waals surface area (Å²) < 4.78 is 18.7. The Labute approximate surface area is 126 Å². The van der Waals surface area contributed by atoms with E-state index < -0.39 is 17.9 Å². The molecule has 0 aliphatic carbocycles. The van der Waals surface area contributed by atoms with Crippen LogP contribution in [0.4, 0.5) is 14.9 Å². The Bertz CT molecular complexity index is 701. The number of amides is 1. The number of hydrogen-bond donors (Lipinski definition) is 2. The smallest absolute Gasteiger partial charge is 0.411 e. The standard InChI is InChI=1S/C16H14FNO4/c1-10-13(17)7-12(15(19)20)8-14(10)18-16(21)22-9-11-5-3-2-4-6-11/h2-8H,9H2,1H3,(H,18,21)(H,19,20). The predicted molar refractivity (Wildman–Crippen MR) is 78.3 cm³/mol. The molecule has 2 aromatic carbocycles. The van der Waals surface area contributed by atoms with Crippen LogP contribution >= 0.6 is 0 Å². The molecule has 1 amide bonds. The molecule has 0 spiro atoms. The van der Waals surface area contributed by atoms with Gasteiger partial charge in [-0.2, -0.15) is 0 Å². The number of carboxylic acids is 1. The molecule has 2 N–H and O–H groups in total. The molecule has 0 fully saturated rings. The molecule has 0 aliphatic rings. The van der Waals surface area contributed by atoms with Crippen LogP contribution in [0.5, 0.6) is 0 Å². The molecule has 0 bridgehead atoms. The first kappa shape index (κ1) is 15.5. The topological polar surface area (TPSA) is 75.6 Å². The summed E-state index contributed by atoms with van der Waals surface area (Å²) in [6.45, 7) is 1.50. The SMILES string of the molecule is Cc1c(F)cc(C(=O)O)cc1NC(=O)OCc1ccccc1. The summed E-state index contributed by atoms with van der Waals surface area (Å²) in [6, 6.07) is 11.1. The third kappa shape index (κ3) is 3.82. The Morgan fingerprint density at radius 1 is 1.23 bits per heavy atom. The van der Waals surface area contributed by atoms with E-state index in [9.17, 15) is 14.0 Å². The van der Waals surface area contributed by atoms with Crippen LogP contribution in [0.1, 0.15) is 21.5 Å². The van der Waals surface area contributed by atoms with Crippen LogP contribution in [-0.4, -0.2) is 17.2 Å². The van der Waals surface area contributed by atoms with Gasteiger partial charge in [0.1, 0.15) is 12.4 Å². The molecule has 0 atom stereocenters. The van der Waals surface area contributed by atoms with Crippen molar-refractivity contribution in [3.05, 3.63) is 65.0 Å². The Morgan fingerprint density at radius 3 is 2.55 bits per heavy atom. The highest BCUT2D eigenvalue weighted by atomic mass is 19.1. The fraction of sp³-hybridized carbons (Fsp3) is 0.125. The molecule has 0 saturated carbocycles. The van der Waals surface area contributed by atoms with E-state index in [4.69, 9.17) is 9.84 Å². The van der Waals surface area contributed by atoms with Crippen molar-refractivity contribution in [3.63, 3.8) is 0 Å². The number of benzene rings is 2. The van der Waals surface area contributed by atoms with Crippen molar-refractivity contribution in [2.75, 3.05) is 5.32 Å². The molecule has 0 aliphatic heterocycles. The average molecular weight is 303 g/mol. The normalized spacial score (nSPS) is 10.1. The van der Waals surface area contributed by atoms with E-state index in [0.717, 1.165) is 11.6 Å². The monoisotopic (exact) mass is 303 g/mol. The summed E-state index contributed by atoms with van der Waals surface area (Å²) in [6.07, 6.45) is -0.783. The summed E-state index contributed by atoms with van der Waals surface area (Å²) in [7, 11) is 0. The van der Waals surface area contributed by atoms with Crippen LogP contribution in [0, 0.1) is 12.7 Å². The molecule has 0 aromatic heterocycles. The number of nitrogens with one attached hydrogen (secondary N) is 1. The number of carboxylic acid groups (broad SMARTS) is 1. The van der Waals surface area contributed by atoms with Crippen LogP contribution < -0.4 is 5.32 Å². The van der Waals surface area contributed by atoms with Gasteiger partial charge in [-0.25, -0.2) is 14.0 Å². The summed E-state index contributed by atoms with van der Waals surface area (Å²) >= 11 is 0. The predicted octanol–water partition coefficient (Wildman–Crippen LogP) is 3.58. The van der Waals surface area contributed by atoms with E-state index in [1.807, 2.05) is 18.2 Å². The fourth-order valence-corrected chi connectivity index (χ4v) is 1.80. The largest absolute Gasteiger partial charge is 0.478 e. The minimum Gasteiger partial charge on any atom is -0.478 e. The highest BCUT2D eigenvalue weighted by molar-refractivity contribution is 5.92. The van der Waals surface area contributed by atoms with Crippen LogP contribution in [0.25, 0.3) is 0 Å². The number of hydrogen-bond acceptors (Lipinski definition) is 3. The Balaban J connectivity index is 2.06. The summed E-state index contributed by atoms with van der Waals surface area (Å²) in [4.78, 5) is 22.6. The number of aromatic carboxylic acids is 1. The van der Waals surface area contributed by atoms with Crippen molar-refractivity contribution in [2.45, 2.75) is 13.5 Å². The van der Waals surface area contributed by atoms with Crippen LogP contribution in [0.2, 0.25) is 0 Å². The number of anilines is 1. The number of ether oxygens (including phenoxy) is 1. The zero-order chi connectivity index (χ0) is 16.1. The van der Waals surface area contributed by atoms with Gasteiger partial charge in [-0.1, -0.05) is 30.3 Å². The average Bonchev–Trinajstić information content (AvgIpc) is 2.50. The Morgan fingerprint density at radius 2 is 1.91 bits per heavy atom. The number of halogens is 1. The molecule has 0 saturated heterocycles. The number of rotatable bonds is 4. The minimum atomic E-state index is -1.28. The molecule has 0 radical (unpaired) electrons. The highest BCUT2D eigenvalue weighted by Crippen LogP contribution is 2.21. The molecule has 2 rings (SSSR count). The number of carbonyl (C=O) groups excluding carboxylic acids is 1. The highest BCUT2D eigenvalue weighted by Gasteiger charge is 2.14. The van der Waals surface area contributed by atoms with Gasteiger partial charge in [0, 0.05) is 5.56 Å². The van der Waals surface area contributed by atoms with Gasteiger partial charge in [0.05, 0.1) is 11.3 Å². The lowest BCUT2D eigenvalue weighted by molar-refractivity contribution is 0.0696. The summed E-state index contributed by atoms with van der Waals surface area (Å²) in [5, 5.41) is 11.3. The third-order valence-corrected chi connectivity index (χ3v) is 3.04. The molecule has 0 heterocycles. The molecule has 2 aromatic rings. The van der Waals surface area contributed by atoms with Gasteiger partial charge in [-0.15, -0.1) is 0 Å². The second-order valence-corrected chi connectivity index (χ2v) is 4.62. The van der Waals surface area contributed by atoms with Gasteiger partial charge >= 0.3 is 12.1 Å². The Kier molecular flexibility index (Phi) is 4.73. The van der Waals surface area contributed by atoms with Crippen LogP contribution in [-0.2, 0) is 11.3 Å². The minimum absolute atomic E-state index is 0.0623. The zero-order valence-corrected chi connectivity index (χ0v) is 11.8. The van der Waals surface area contributed by atoms with Crippen molar-refractivity contribution < 1.29 is 23.8 Å². The molecular formula is C16H14FNO4. The maximum absolute atomic E-state index is 13.6. The second kappa shape index (κ2) is 6.71. The second-order valence-electron chi connectivity index (χ2n) is 4.62. The van der Waals surface area contributed by atoms with E-state index in [1.54, 1.807) is 12.1 Å². The number of carbonyl (C=O) groups is 2. The van der Waals surface area contributed by atoms with Gasteiger partial charge in [0.2, 0.25) is 0 Å². The lowest BCUT2D eigenvalue weighted by Crippen LogP contribution is -2.15. The third-order valence-electron chi connectivity index (χ3n) is 3.04. The first-order valence-corrected chi connectivity index (χ1v) is 6.48. The fourth-order valence-electron chi connectivity index (χ4n) is 1.80. The van der Waals surface area contributed by atoms with Crippen molar-refractivity contribution in [1.82, 2.24) is 0 Å². The van der Waals surface area contributed by atoms with E-state index >= 15 is 0 Å². The molecule has 22 heavy (non-hydrogen) atoms. The first-order chi connectivity index (χ1) is 10.5. The molecule has 0 unspecified atom stereocenters. The van der Waals surface area contributed by atoms with Crippen molar-refractivity contribution >= 4 is 17.7 Å². The van der Waals surface area contributed by atoms with E-state index in [-0.39, 0.29) is 23.4 Å². The maximum Gasteiger partial charge on any atom is 0.411 e. The van der Waals surface area contributed by atoms with Gasteiger partial charge in [-0.3, -0.25) is 5.32 Å². The van der Waals surface area contributed by atoms with Crippen LogP contribution in [0.3, 0.4) is 0 Å². The first-order valence-electron chi connectivity index (χ1n) is 6.48.